The highest BCUT2D eigenvalue weighted by Crippen LogP contribution is 2.40. The first-order valence-corrected chi connectivity index (χ1v) is 23.0. The summed E-state index contributed by atoms with van der Waals surface area (Å²) in [5.41, 5.74) is 5.60. The van der Waals surface area contributed by atoms with E-state index < -0.39 is 24.3 Å². The average molecular weight is 887 g/mol. The minimum absolute atomic E-state index is 0.0180. The molecule has 1 unspecified atom stereocenters. The number of carbonyl (C=O) groups excluding carboxylic acids is 3. The molecule has 5 aromatic rings. The van der Waals surface area contributed by atoms with Gasteiger partial charge in [0.05, 0.1) is 30.6 Å². The molecule has 0 spiro atoms. The van der Waals surface area contributed by atoms with Crippen molar-refractivity contribution in [3.63, 3.8) is 0 Å². The van der Waals surface area contributed by atoms with Crippen molar-refractivity contribution in [3.05, 3.63) is 84.7 Å². The van der Waals surface area contributed by atoms with Crippen molar-refractivity contribution in [1.29, 1.82) is 0 Å². The number of carboxylic acid groups (broad SMARTS) is 1. The number of alkyl carbamates (subject to hydrolysis) is 1. The number of hydrogen-bond donors (Lipinski definition) is 5. The van der Waals surface area contributed by atoms with Crippen LogP contribution in [0, 0.1) is 11.8 Å². The van der Waals surface area contributed by atoms with Crippen LogP contribution < -0.4 is 10.6 Å². The van der Waals surface area contributed by atoms with Crippen LogP contribution in [0.15, 0.2) is 73.1 Å². The van der Waals surface area contributed by atoms with Crippen LogP contribution in [-0.4, -0.2) is 117 Å². The monoisotopic (exact) mass is 886 g/mol. The first-order chi connectivity index (χ1) is 31.6. The van der Waals surface area contributed by atoms with Crippen molar-refractivity contribution in [2.75, 3.05) is 33.5 Å². The number of rotatable bonds is 11. The lowest BCUT2D eigenvalue weighted by Gasteiger charge is -2.36. The molecule has 9 rings (SSSR count). The lowest BCUT2D eigenvalue weighted by molar-refractivity contribution is -0.139. The number of hydrogen-bond acceptors (Lipinski definition) is 9. The second-order valence-electron chi connectivity index (χ2n) is 18.0. The molecule has 4 amide bonds. The summed E-state index contributed by atoms with van der Waals surface area (Å²) in [6.45, 7) is 6.19. The molecule has 5 N–H and O–H groups in total. The predicted octanol–water partition coefficient (Wildman–Crippen LogP) is 7.61. The molecule has 4 fully saturated rings. The standard InChI is InChI=1S/C49H58N8O8/c1-28-4-14-40(56(28)46(58)42(54-48(60)61)32-16-20-64-21-17-32)44-50-26-38(52-44)31-8-6-30(7-9-31)34-10-11-36-25-37(13-12-35(36)24-34)39-27-51-45(53-39)41-15-5-29(2)57(41)47(59)43(55-49(62)63-3)33-18-22-65-23-19-33/h6-13,24-29,32-33,40-43,54H,4-5,14-23H2,1-3H3,(H,50,52)(H,51,53)(H,55,62)(H,60,61)/t28-,29-,40-,41-,42-,43?/m0/s1. The molecule has 0 saturated carbocycles. The molecule has 0 radical (unpaired) electrons. The predicted molar refractivity (Wildman–Crippen MR) is 242 cm³/mol. The number of imidazole rings is 2. The fraction of sp³-hybridized carbons (Fsp3) is 0.469. The first-order valence-electron chi connectivity index (χ1n) is 23.0. The van der Waals surface area contributed by atoms with Gasteiger partial charge in [0, 0.05) is 62.0 Å². The summed E-state index contributed by atoms with van der Waals surface area (Å²) in [6.07, 6.45) is 7.69. The zero-order valence-corrected chi connectivity index (χ0v) is 37.1. The number of likely N-dealkylation sites (tertiary alicyclic amines) is 2. The highest BCUT2D eigenvalue weighted by atomic mass is 16.5. The van der Waals surface area contributed by atoms with Crippen LogP contribution in [0.4, 0.5) is 9.59 Å². The minimum atomic E-state index is -1.20. The maximum Gasteiger partial charge on any atom is 0.407 e. The number of benzene rings is 3. The molecular weight excluding hydrogens is 829 g/mol. The van der Waals surface area contributed by atoms with Gasteiger partial charge in [0.1, 0.15) is 23.7 Å². The van der Waals surface area contributed by atoms with Crippen LogP contribution in [0.2, 0.25) is 0 Å². The summed E-state index contributed by atoms with van der Waals surface area (Å²) < 4.78 is 15.9. The summed E-state index contributed by atoms with van der Waals surface area (Å²) in [6, 6.07) is 18.8. The summed E-state index contributed by atoms with van der Waals surface area (Å²) in [4.78, 5) is 72.8. The third kappa shape index (κ3) is 9.19. The molecule has 0 bridgehead atoms. The van der Waals surface area contributed by atoms with Crippen LogP contribution in [-0.2, 0) is 23.8 Å². The Morgan fingerprint density at radius 2 is 1.08 bits per heavy atom. The maximum atomic E-state index is 14.2. The molecule has 0 aliphatic carbocycles. The number of nitrogens with one attached hydrogen (secondary N) is 4. The SMILES string of the molecule is COC(=O)NC(C(=O)N1[C@@H](C)CC[C@H]1c1nc(-c2ccc3cc(-c4ccc(-c5c[nH]c([C@@H]6CC[C@H](C)N6C(=O)[C@@H](NC(=O)O)C6CCOCC6)n5)cc4)ccc3c2)c[nH]1)C1CCOCC1. The van der Waals surface area contributed by atoms with E-state index in [1.165, 1.54) is 7.11 Å². The number of carbonyl (C=O) groups is 4. The van der Waals surface area contributed by atoms with Crippen molar-refractivity contribution in [1.82, 2.24) is 40.4 Å². The number of ether oxygens (including phenoxy) is 3. The number of H-pyrrole nitrogens is 2. The van der Waals surface area contributed by atoms with E-state index in [4.69, 9.17) is 24.2 Å². The van der Waals surface area contributed by atoms with Gasteiger partial charge in [-0.05, 0) is 111 Å². The highest BCUT2D eigenvalue weighted by molar-refractivity contribution is 5.91. The fourth-order valence-electron chi connectivity index (χ4n) is 10.5. The molecule has 6 heterocycles. The van der Waals surface area contributed by atoms with Crippen LogP contribution in [0.1, 0.15) is 88.9 Å². The molecule has 4 aliphatic rings. The van der Waals surface area contributed by atoms with E-state index in [9.17, 15) is 24.3 Å². The quantitative estimate of drug-likeness (QED) is 0.0879. The number of amides is 4. The van der Waals surface area contributed by atoms with E-state index in [2.05, 4.69) is 81.3 Å². The number of aromatic amines is 2. The van der Waals surface area contributed by atoms with Gasteiger partial charge in [-0.1, -0.05) is 48.5 Å². The van der Waals surface area contributed by atoms with Crippen molar-refractivity contribution in [2.24, 2.45) is 11.8 Å². The fourth-order valence-corrected chi connectivity index (χ4v) is 10.5. The molecule has 16 nitrogen and oxygen atoms in total. The molecule has 2 aromatic heterocycles. The van der Waals surface area contributed by atoms with Crippen LogP contribution >= 0.6 is 0 Å². The largest absolute Gasteiger partial charge is 0.465 e. The van der Waals surface area contributed by atoms with E-state index in [-0.39, 0.29) is 47.8 Å². The Bertz CT molecular complexity index is 2510. The van der Waals surface area contributed by atoms with E-state index in [1.807, 2.05) is 36.0 Å². The first kappa shape index (κ1) is 44.0. The highest BCUT2D eigenvalue weighted by Gasteiger charge is 2.44. The Morgan fingerprint density at radius 3 is 1.58 bits per heavy atom. The lowest BCUT2D eigenvalue weighted by atomic mass is 9.90. The van der Waals surface area contributed by atoms with E-state index >= 15 is 0 Å². The van der Waals surface area contributed by atoms with Gasteiger partial charge in [-0.25, -0.2) is 19.6 Å². The lowest BCUT2D eigenvalue weighted by Crippen LogP contribution is -2.54. The second-order valence-corrected chi connectivity index (χ2v) is 18.0. The molecule has 342 valence electrons. The zero-order chi connectivity index (χ0) is 45.2. The number of nitrogens with zero attached hydrogens (tertiary/aromatic N) is 4. The Kier molecular flexibility index (Phi) is 12.9. The molecule has 4 aliphatic heterocycles. The van der Waals surface area contributed by atoms with E-state index in [0.717, 1.165) is 75.9 Å². The average Bonchev–Trinajstić information content (AvgIpc) is 4.17. The van der Waals surface area contributed by atoms with Gasteiger partial charge >= 0.3 is 12.2 Å². The zero-order valence-electron chi connectivity index (χ0n) is 37.1. The number of methoxy groups -OCH3 is 1. The van der Waals surface area contributed by atoms with Gasteiger partial charge < -0.3 is 49.7 Å². The van der Waals surface area contributed by atoms with Gasteiger partial charge in [0.25, 0.3) is 0 Å². The Balaban J connectivity index is 0.877. The van der Waals surface area contributed by atoms with Crippen LogP contribution in [0.25, 0.3) is 44.4 Å². The Labute approximate surface area is 377 Å². The van der Waals surface area contributed by atoms with E-state index in [0.29, 0.717) is 57.9 Å². The van der Waals surface area contributed by atoms with Crippen molar-refractivity contribution < 1.29 is 38.5 Å². The molecule has 65 heavy (non-hydrogen) atoms. The third-order valence-corrected chi connectivity index (χ3v) is 14.1. The minimum Gasteiger partial charge on any atom is -0.465 e. The summed E-state index contributed by atoms with van der Waals surface area (Å²) in [5.74, 6) is 0.923. The van der Waals surface area contributed by atoms with Crippen molar-refractivity contribution in [3.8, 4) is 33.6 Å². The van der Waals surface area contributed by atoms with Gasteiger partial charge in [0.15, 0.2) is 0 Å². The van der Waals surface area contributed by atoms with Gasteiger partial charge in [0.2, 0.25) is 11.8 Å². The topological polar surface area (TPSA) is 204 Å². The van der Waals surface area contributed by atoms with Crippen molar-refractivity contribution in [2.45, 2.75) is 101 Å². The Morgan fingerprint density at radius 1 is 0.631 bits per heavy atom. The molecular formula is C49H58N8O8. The van der Waals surface area contributed by atoms with Gasteiger partial charge in [-0.15, -0.1) is 0 Å². The number of aromatic nitrogens is 4. The Hall–Kier alpha value is -6.26. The summed E-state index contributed by atoms with van der Waals surface area (Å²) in [7, 11) is 1.31. The summed E-state index contributed by atoms with van der Waals surface area (Å²) >= 11 is 0. The second kappa shape index (κ2) is 19.1. The maximum absolute atomic E-state index is 14.2. The normalized spacial score (nSPS) is 22.8. The van der Waals surface area contributed by atoms with Crippen LogP contribution in [0.3, 0.4) is 0 Å². The van der Waals surface area contributed by atoms with Gasteiger partial charge in [-0.3, -0.25) is 9.59 Å². The molecule has 4 saturated heterocycles. The molecule has 3 aromatic carbocycles. The van der Waals surface area contributed by atoms with Gasteiger partial charge in [-0.2, -0.15) is 0 Å². The molecule has 6 atom stereocenters. The van der Waals surface area contributed by atoms with E-state index in [1.54, 1.807) is 0 Å². The summed E-state index contributed by atoms with van der Waals surface area (Å²) in [5, 5.41) is 17.2. The smallest absolute Gasteiger partial charge is 0.407 e. The van der Waals surface area contributed by atoms with Crippen molar-refractivity contribution >= 4 is 34.8 Å². The third-order valence-electron chi connectivity index (χ3n) is 14.1. The van der Waals surface area contributed by atoms with Crippen LogP contribution in [0.5, 0.6) is 0 Å². The molecule has 16 heteroatoms. The number of fused-ring (bicyclic) bond motifs is 1.